The molecule has 0 spiro atoms. The predicted molar refractivity (Wildman–Crippen MR) is 77.6 cm³/mol. The first kappa shape index (κ1) is 13.3. The van der Waals surface area contributed by atoms with Crippen LogP contribution >= 0.6 is 11.6 Å². The lowest BCUT2D eigenvalue weighted by molar-refractivity contribution is 0.625. The standard InChI is InChI=1S/C16H11ClFN/c1-3-15(16-13(17)5-4-6-14(16)18)19-12-9-7-11(2)8-10-12/h1,4-10H,2H3. The van der Waals surface area contributed by atoms with E-state index in [4.69, 9.17) is 18.0 Å². The SMILES string of the molecule is C#CC(=Nc1ccc(C)cc1)c1c(F)cccc1Cl. The Balaban J connectivity index is 2.52. The first-order valence-electron chi connectivity index (χ1n) is 5.68. The zero-order chi connectivity index (χ0) is 13.8. The lowest BCUT2D eigenvalue weighted by Crippen LogP contribution is -2.01. The van der Waals surface area contributed by atoms with Gasteiger partial charge >= 0.3 is 0 Å². The molecule has 0 fully saturated rings. The minimum atomic E-state index is -0.476. The van der Waals surface area contributed by atoms with E-state index in [9.17, 15) is 4.39 Å². The van der Waals surface area contributed by atoms with E-state index < -0.39 is 5.82 Å². The van der Waals surface area contributed by atoms with Gasteiger partial charge in [-0.3, -0.25) is 0 Å². The second kappa shape index (κ2) is 5.69. The molecule has 1 nitrogen and oxygen atoms in total. The molecule has 0 aliphatic heterocycles. The summed E-state index contributed by atoms with van der Waals surface area (Å²) in [4.78, 5) is 4.27. The van der Waals surface area contributed by atoms with Crippen LogP contribution in [0.1, 0.15) is 11.1 Å². The summed E-state index contributed by atoms with van der Waals surface area (Å²) in [6.07, 6.45) is 5.41. The number of benzene rings is 2. The molecule has 0 amide bonds. The molecule has 0 aromatic heterocycles. The number of aryl methyl sites for hydroxylation is 1. The molecule has 0 aliphatic rings. The number of hydrogen-bond donors (Lipinski definition) is 0. The van der Waals surface area contributed by atoms with Gasteiger partial charge in [-0.15, -0.1) is 6.42 Å². The summed E-state index contributed by atoms with van der Waals surface area (Å²) >= 11 is 5.98. The van der Waals surface area contributed by atoms with Crippen LogP contribution in [0.5, 0.6) is 0 Å². The van der Waals surface area contributed by atoms with E-state index in [0.29, 0.717) is 5.69 Å². The Morgan fingerprint density at radius 2 is 1.89 bits per heavy atom. The minimum absolute atomic E-state index is 0.159. The highest BCUT2D eigenvalue weighted by molar-refractivity contribution is 6.35. The maximum absolute atomic E-state index is 13.8. The van der Waals surface area contributed by atoms with Crippen LogP contribution in [0.4, 0.5) is 10.1 Å². The van der Waals surface area contributed by atoms with E-state index in [-0.39, 0.29) is 16.3 Å². The van der Waals surface area contributed by atoms with Gasteiger partial charge in [0.05, 0.1) is 16.3 Å². The summed E-state index contributed by atoms with van der Waals surface area (Å²) in [5, 5.41) is 0.254. The Morgan fingerprint density at radius 3 is 2.47 bits per heavy atom. The largest absolute Gasteiger partial charge is 0.239 e. The third-order valence-electron chi connectivity index (χ3n) is 2.61. The number of nitrogens with zero attached hydrogens (tertiary/aromatic N) is 1. The van der Waals surface area contributed by atoms with E-state index in [1.54, 1.807) is 6.07 Å². The van der Waals surface area contributed by atoms with Crippen molar-refractivity contribution in [1.29, 1.82) is 0 Å². The topological polar surface area (TPSA) is 12.4 Å². The van der Waals surface area contributed by atoms with Crippen molar-refractivity contribution >= 4 is 23.0 Å². The van der Waals surface area contributed by atoms with Crippen molar-refractivity contribution in [2.75, 3.05) is 0 Å². The maximum atomic E-state index is 13.8. The molecule has 2 aromatic rings. The van der Waals surface area contributed by atoms with Crippen LogP contribution in [-0.4, -0.2) is 5.71 Å². The van der Waals surface area contributed by atoms with Gasteiger partial charge in [-0.25, -0.2) is 9.38 Å². The van der Waals surface area contributed by atoms with Crippen LogP contribution in [0.3, 0.4) is 0 Å². The molecule has 0 saturated carbocycles. The van der Waals surface area contributed by atoms with Gasteiger partial charge in [-0.2, -0.15) is 0 Å². The Morgan fingerprint density at radius 1 is 1.21 bits per heavy atom. The average molecular weight is 272 g/mol. The van der Waals surface area contributed by atoms with Gasteiger partial charge in [0.1, 0.15) is 11.5 Å². The van der Waals surface area contributed by atoms with Crippen LogP contribution in [0.15, 0.2) is 47.5 Å². The molecule has 0 bridgehead atoms. The van der Waals surface area contributed by atoms with Crippen LogP contribution in [0.25, 0.3) is 0 Å². The van der Waals surface area contributed by atoms with Gasteiger partial charge < -0.3 is 0 Å². The molecule has 19 heavy (non-hydrogen) atoms. The van der Waals surface area contributed by atoms with Crippen molar-refractivity contribution in [2.24, 2.45) is 4.99 Å². The van der Waals surface area contributed by atoms with Crippen LogP contribution < -0.4 is 0 Å². The average Bonchev–Trinajstić information content (AvgIpc) is 2.39. The van der Waals surface area contributed by atoms with Crippen LogP contribution in [0, 0.1) is 25.1 Å². The molecule has 0 saturated heterocycles. The molecule has 0 radical (unpaired) electrons. The molecule has 0 heterocycles. The van der Waals surface area contributed by atoms with Crippen molar-refractivity contribution in [3.8, 4) is 12.3 Å². The summed E-state index contributed by atoms with van der Waals surface area (Å²) in [5.41, 5.74) is 2.13. The molecule has 0 atom stereocenters. The van der Waals surface area contributed by atoms with Gasteiger partial charge in [0.2, 0.25) is 0 Å². The maximum Gasteiger partial charge on any atom is 0.134 e. The van der Waals surface area contributed by atoms with Crippen molar-refractivity contribution in [1.82, 2.24) is 0 Å². The lowest BCUT2D eigenvalue weighted by Gasteiger charge is -2.04. The molecule has 3 heteroatoms. The normalized spacial score (nSPS) is 11.2. The predicted octanol–water partition coefficient (Wildman–Crippen LogP) is 4.54. The van der Waals surface area contributed by atoms with E-state index in [1.165, 1.54) is 12.1 Å². The van der Waals surface area contributed by atoms with E-state index in [1.807, 2.05) is 31.2 Å². The summed E-state index contributed by atoms with van der Waals surface area (Å²) < 4.78 is 13.8. The van der Waals surface area contributed by atoms with Crippen molar-refractivity contribution in [3.63, 3.8) is 0 Å². The first-order valence-corrected chi connectivity index (χ1v) is 6.06. The first-order chi connectivity index (χ1) is 9.11. The second-order valence-electron chi connectivity index (χ2n) is 4.04. The van der Waals surface area contributed by atoms with E-state index in [2.05, 4.69) is 10.9 Å². The van der Waals surface area contributed by atoms with Gasteiger partial charge in [0.15, 0.2) is 0 Å². The van der Waals surface area contributed by atoms with Crippen molar-refractivity contribution in [3.05, 3.63) is 64.4 Å². The van der Waals surface area contributed by atoms with Gasteiger partial charge in [0, 0.05) is 0 Å². The zero-order valence-corrected chi connectivity index (χ0v) is 11.1. The molecular weight excluding hydrogens is 261 g/mol. The fraction of sp³-hybridized carbons (Fsp3) is 0.0625. The zero-order valence-electron chi connectivity index (χ0n) is 10.3. The fourth-order valence-electron chi connectivity index (χ4n) is 1.63. The summed E-state index contributed by atoms with van der Waals surface area (Å²) in [6.45, 7) is 1.98. The molecule has 0 unspecified atom stereocenters. The van der Waals surface area contributed by atoms with Gasteiger partial charge in [-0.05, 0) is 37.1 Å². The Labute approximate surface area is 116 Å². The molecule has 94 valence electrons. The Bertz CT molecular complexity index is 646. The Hall–Kier alpha value is -2.11. The van der Waals surface area contributed by atoms with Crippen molar-refractivity contribution in [2.45, 2.75) is 6.92 Å². The van der Waals surface area contributed by atoms with E-state index in [0.717, 1.165) is 5.56 Å². The van der Waals surface area contributed by atoms with Crippen LogP contribution in [-0.2, 0) is 0 Å². The lowest BCUT2D eigenvalue weighted by atomic mass is 10.1. The van der Waals surface area contributed by atoms with Gasteiger partial charge in [0.25, 0.3) is 0 Å². The fourth-order valence-corrected chi connectivity index (χ4v) is 1.89. The number of terminal acetylenes is 1. The van der Waals surface area contributed by atoms with E-state index >= 15 is 0 Å². The molecule has 0 aliphatic carbocycles. The van der Waals surface area contributed by atoms with Crippen LogP contribution in [0.2, 0.25) is 5.02 Å². The highest BCUT2D eigenvalue weighted by atomic mass is 35.5. The van der Waals surface area contributed by atoms with Crippen molar-refractivity contribution < 1.29 is 4.39 Å². The molecule has 2 aromatic carbocycles. The van der Waals surface area contributed by atoms with Gasteiger partial charge in [-0.1, -0.05) is 35.4 Å². The summed E-state index contributed by atoms with van der Waals surface area (Å²) in [6, 6.07) is 11.9. The highest BCUT2D eigenvalue weighted by Gasteiger charge is 2.12. The summed E-state index contributed by atoms with van der Waals surface area (Å²) in [5.74, 6) is 1.91. The monoisotopic (exact) mass is 271 g/mol. The third-order valence-corrected chi connectivity index (χ3v) is 2.93. The summed E-state index contributed by atoms with van der Waals surface area (Å²) in [7, 11) is 0. The second-order valence-corrected chi connectivity index (χ2v) is 4.44. The number of rotatable bonds is 2. The molecular formula is C16H11ClFN. The molecule has 2 rings (SSSR count). The number of aliphatic imine (C=N–C) groups is 1. The quantitative estimate of drug-likeness (QED) is 0.562. The Kier molecular flexibility index (Phi) is 3.99. The number of hydrogen-bond acceptors (Lipinski definition) is 1. The minimum Gasteiger partial charge on any atom is -0.239 e. The highest BCUT2D eigenvalue weighted by Crippen LogP contribution is 2.22. The number of halogens is 2. The molecule has 0 N–H and O–H groups in total. The smallest absolute Gasteiger partial charge is 0.134 e. The third kappa shape index (κ3) is 3.01.